The number of hydrogen-bond acceptors (Lipinski definition) is 6. The lowest BCUT2D eigenvalue weighted by Crippen LogP contribution is -2.26. The zero-order chi connectivity index (χ0) is 24.5. The summed E-state index contributed by atoms with van der Waals surface area (Å²) in [7, 11) is 7.30. The minimum atomic E-state index is -0.0235. The first-order chi connectivity index (χ1) is 16.9. The summed E-state index contributed by atoms with van der Waals surface area (Å²) in [5.41, 5.74) is 3.60. The van der Waals surface area contributed by atoms with Crippen molar-refractivity contribution >= 4 is 22.6 Å². The number of carbonyl (C=O) groups excluding carboxylic acids is 1. The molecule has 1 N–H and O–H groups in total. The monoisotopic (exact) mass is 473 g/mol. The molecule has 0 bridgehead atoms. The number of nitrogens with zero attached hydrogens (tertiary/aromatic N) is 6. The highest BCUT2D eigenvalue weighted by atomic mass is 16.5. The Morgan fingerprint density at radius 2 is 1.94 bits per heavy atom. The van der Waals surface area contributed by atoms with Gasteiger partial charge in [0.15, 0.2) is 0 Å². The van der Waals surface area contributed by atoms with Crippen molar-refractivity contribution in [3.63, 3.8) is 0 Å². The van der Waals surface area contributed by atoms with Crippen molar-refractivity contribution in [1.82, 2.24) is 29.4 Å². The van der Waals surface area contributed by atoms with E-state index in [1.54, 1.807) is 23.7 Å². The molecular weight excluding hydrogens is 442 g/mol. The van der Waals surface area contributed by atoms with Gasteiger partial charge >= 0.3 is 0 Å². The van der Waals surface area contributed by atoms with Gasteiger partial charge in [0, 0.05) is 63.2 Å². The molecule has 1 saturated carbocycles. The maximum atomic E-state index is 12.3. The highest BCUT2D eigenvalue weighted by molar-refractivity contribution is 5.94. The first kappa shape index (κ1) is 22.9. The summed E-state index contributed by atoms with van der Waals surface area (Å²) in [5, 5.41) is 13.5. The number of fused-ring (bicyclic) bond motifs is 1. The predicted octanol–water partition coefficient (Wildman–Crippen LogP) is 4.14. The summed E-state index contributed by atoms with van der Waals surface area (Å²) in [6, 6.07) is 9.80. The molecule has 1 amide bonds. The van der Waals surface area contributed by atoms with E-state index in [4.69, 9.17) is 9.84 Å². The van der Waals surface area contributed by atoms with E-state index in [1.807, 2.05) is 57.0 Å². The van der Waals surface area contributed by atoms with Crippen LogP contribution in [0.15, 0.2) is 48.9 Å². The lowest BCUT2D eigenvalue weighted by Gasteiger charge is -2.29. The van der Waals surface area contributed by atoms with Gasteiger partial charge in [0.1, 0.15) is 17.3 Å². The van der Waals surface area contributed by atoms with Crippen molar-refractivity contribution in [3.8, 4) is 17.0 Å². The lowest BCUT2D eigenvalue weighted by molar-refractivity contribution is 0.0826. The van der Waals surface area contributed by atoms with E-state index >= 15 is 0 Å². The van der Waals surface area contributed by atoms with Crippen molar-refractivity contribution < 1.29 is 9.53 Å². The van der Waals surface area contributed by atoms with Crippen LogP contribution in [0.1, 0.15) is 42.1 Å². The number of amides is 1. The van der Waals surface area contributed by atoms with E-state index in [1.165, 1.54) is 0 Å². The molecule has 1 aromatic carbocycles. The molecular formula is C26H31N7O2. The normalized spacial score (nSPS) is 17.9. The minimum Gasteiger partial charge on any atom is -0.490 e. The molecule has 0 saturated heterocycles. The van der Waals surface area contributed by atoms with Crippen molar-refractivity contribution in [2.75, 3.05) is 26.5 Å². The van der Waals surface area contributed by atoms with Crippen LogP contribution in [-0.2, 0) is 7.05 Å². The van der Waals surface area contributed by atoms with Gasteiger partial charge in [-0.25, -0.2) is 4.98 Å². The number of aromatic nitrogens is 5. The van der Waals surface area contributed by atoms with Crippen LogP contribution in [-0.4, -0.2) is 62.6 Å². The number of nitrogens with one attached hydrogen (secondary N) is 1. The van der Waals surface area contributed by atoms with Crippen LogP contribution in [0.4, 0.5) is 5.82 Å². The second-order valence-electron chi connectivity index (χ2n) is 9.31. The molecule has 35 heavy (non-hydrogen) atoms. The molecule has 5 rings (SSSR count). The van der Waals surface area contributed by atoms with E-state index in [-0.39, 0.29) is 18.1 Å². The molecule has 3 aromatic heterocycles. The van der Waals surface area contributed by atoms with Gasteiger partial charge < -0.3 is 15.0 Å². The zero-order valence-corrected chi connectivity index (χ0v) is 20.6. The molecule has 0 radical (unpaired) electrons. The number of aryl methyl sites for hydroxylation is 1. The molecule has 4 aromatic rings. The van der Waals surface area contributed by atoms with Crippen LogP contribution in [0.3, 0.4) is 0 Å². The number of benzene rings is 1. The molecule has 3 heterocycles. The number of carbonyl (C=O) groups is 1. The van der Waals surface area contributed by atoms with E-state index in [2.05, 4.69) is 26.1 Å². The fourth-order valence-corrected chi connectivity index (χ4v) is 4.76. The third-order valence-electron chi connectivity index (χ3n) is 6.61. The van der Waals surface area contributed by atoms with Crippen LogP contribution < -0.4 is 10.1 Å². The van der Waals surface area contributed by atoms with E-state index in [0.717, 1.165) is 59.4 Å². The van der Waals surface area contributed by atoms with E-state index in [9.17, 15) is 4.79 Å². The summed E-state index contributed by atoms with van der Waals surface area (Å²) in [4.78, 5) is 18.4. The number of hydrogen-bond donors (Lipinski definition) is 1. The number of pyridine rings is 1. The fraction of sp³-hybridized carbons (Fsp3) is 0.385. The first-order valence-corrected chi connectivity index (χ1v) is 12.0. The Labute approximate surface area is 204 Å². The van der Waals surface area contributed by atoms with Gasteiger partial charge in [-0.05, 0) is 43.9 Å². The number of anilines is 1. The van der Waals surface area contributed by atoms with Crippen molar-refractivity contribution in [2.24, 2.45) is 7.05 Å². The Bertz CT molecular complexity index is 1350. The maximum Gasteiger partial charge on any atom is 0.253 e. The topological polar surface area (TPSA) is 90.1 Å². The van der Waals surface area contributed by atoms with Gasteiger partial charge in [-0.3, -0.25) is 14.2 Å². The van der Waals surface area contributed by atoms with Crippen LogP contribution >= 0.6 is 0 Å². The summed E-state index contributed by atoms with van der Waals surface area (Å²) in [5.74, 6) is 1.54. The SMILES string of the molecule is CNc1cc2c(cn1)c(-c1cnn(C)c1)nn2C1CCC(Oc2cccc(C(=O)N(C)C)c2)CC1. The predicted molar refractivity (Wildman–Crippen MR) is 136 cm³/mol. The Hall–Kier alpha value is -3.88. The summed E-state index contributed by atoms with van der Waals surface area (Å²) < 4.78 is 10.2. The fourth-order valence-electron chi connectivity index (χ4n) is 4.76. The Morgan fingerprint density at radius 3 is 2.63 bits per heavy atom. The van der Waals surface area contributed by atoms with Gasteiger partial charge in [-0.1, -0.05) is 6.07 Å². The summed E-state index contributed by atoms with van der Waals surface area (Å²) in [6.45, 7) is 0. The number of ether oxygens (including phenoxy) is 1. The average Bonchev–Trinajstić information content (AvgIpc) is 3.47. The molecule has 0 aliphatic heterocycles. The quantitative estimate of drug-likeness (QED) is 0.453. The molecule has 9 heteroatoms. The van der Waals surface area contributed by atoms with Gasteiger partial charge in [-0.2, -0.15) is 10.2 Å². The Balaban J connectivity index is 1.35. The van der Waals surface area contributed by atoms with E-state index in [0.29, 0.717) is 5.56 Å². The Kier molecular flexibility index (Phi) is 6.15. The highest BCUT2D eigenvalue weighted by Crippen LogP contribution is 2.36. The second-order valence-corrected chi connectivity index (χ2v) is 9.31. The molecule has 1 aliphatic carbocycles. The molecule has 0 unspecified atom stereocenters. The van der Waals surface area contributed by atoms with Gasteiger partial charge in [0.2, 0.25) is 0 Å². The van der Waals surface area contributed by atoms with Crippen LogP contribution in [0.25, 0.3) is 22.2 Å². The molecule has 1 fully saturated rings. The maximum absolute atomic E-state index is 12.3. The standard InChI is InChI=1S/C26H31N7O2/c1-27-24-13-23-22(15-28-24)25(18-14-29-32(4)16-18)30-33(23)19-8-10-20(11-9-19)35-21-7-5-6-17(12-21)26(34)31(2)3/h5-7,12-16,19-20H,8-11H2,1-4H3,(H,27,28). The second kappa shape index (κ2) is 9.40. The van der Waals surface area contributed by atoms with Gasteiger partial charge in [0.05, 0.1) is 23.9 Å². The smallest absolute Gasteiger partial charge is 0.253 e. The minimum absolute atomic E-state index is 0.0235. The molecule has 0 spiro atoms. The lowest BCUT2D eigenvalue weighted by atomic mass is 9.93. The average molecular weight is 474 g/mol. The third-order valence-corrected chi connectivity index (χ3v) is 6.61. The molecule has 0 atom stereocenters. The molecule has 182 valence electrons. The zero-order valence-electron chi connectivity index (χ0n) is 20.6. The molecule has 9 nitrogen and oxygen atoms in total. The van der Waals surface area contributed by atoms with Gasteiger partial charge in [-0.15, -0.1) is 0 Å². The Morgan fingerprint density at radius 1 is 1.14 bits per heavy atom. The first-order valence-electron chi connectivity index (χ1n) is 12.0. The van der Waals surface area contributed by atoms with Crippen LogP contribution in [0, 0.1) is 0 Å². The number of rotatable bonds is 6. The van der Waals surface area contributed by atoms with Crippen LogP contribution in [0.2, 0.25) is 0 Å². The third kappa shape index (κ3) is 4.58. The van der Waals surface area contributed by atoms with Crippen molar-refractivity contribution in [3.05, 3.63) is 54.5 Å². The molecule has 1 aliphatic rings. The largest absolute Gasteiger partial charge is 0.490 e. The van der Waals surface area contributed by atoms with Crippen molar-refractivity contribution in [2.45, 2.75) is 37.8 Å². The summed E-state index contributed by atoms with van der Waals surface area (Å²) >= 11 is 0. The van der Waals surface area contributed by atoms with E-state index < -0.39 is 0 Å². The van der Waals surface area contributed by atoms with Crippen LogP contribution in [0.5, 0.6) is 5.75 Å². The van der Waals surface area contributed by atoms with Gasteiger partial charge in [0.25, 0.3) is 5.91 Å². The summed E-state index contributed by atoms with van der Waals surface area (Å²) in [6.07, 6.45) is 9.60. The highest BCUT2D eigenvalue weighted by Gasteiger charge is 2.27. The van der Waals surface area contributed by atoms with Crippen molar-refractivity contribution in [1.29, 1.82) is 0 Å².